The molecule has 0 amide bonds. The first kappa shape index (κ1) is 19.4. The minimum absolute atomic E-state index is 0.0484. The molecule has 2 aromatic heterocycles. The highest BCUT2D eigenvalue weighted by Crippen LogP contribution is 2.24. The summed E-state index contributed by atoms with van der Waals surface area (Å²) in [6.45, 7) is 7.41. The van der Waals surface area contributed by atoms with Crippen LogP contribution in [-0.2, 0) is 0 Å². The second-order valence-electron chi connectivity index (χ2n) is 7.56. The van der Waals surface area contributed by atoms with Gasteiger partial charge < -0.3 is 4.90 Å². The van der Waals surface area contributed by atoms with Crippen molar-refractivity contribution >= 4 is 16.8 Å². The molecule has 2 aliphatic heterocycles. The lowest BCUT2D eigenvalue weighted by atomic mass is 10.0. The summed E-state index contributed by atoms with van der Waals surface area (Å²) in [4.78, 5) is 22.1. The van der Waals surface area contributed by atoms with Crippen molar-refractivity contribution in [1.29, 1.82) is 0 Å². The number of hydrogen-bond donors (Lipinski definition) is 0. The molecule has 29 heavy (non-hydrogen) atoms. The summed E-state index contributed by atoms with van der Waals surface area (Å²) in [6, 6.07) is 5.67. The zero-order valence-electron chi connectivity index (χ0n) is 17.4. The number of nitrogens with zero attached hydrogens (tertiary/aromatic N) is 4. The third kappa shape index (κ3) is 3.96. The van der Waals surface area contributed by atoms with E-state index in [1.165, 1.54) is 5.57 Å². The van der Waals surface area contributed by atoms with Crippen LogP contribution in [0.3, 0.4) is 0 Å². The summed E-state index contributed by atoms with van der Waals surface area (Å²) >= 11 is 0. The molecule has 0 aromatic carbocycles. The fourth-order valence-electron chi connectivity index (χ4n) is 3.86. The number of rotatable bonds is 4. The van der Waals surface area contributed by atoms with Crippen LogP contribution in [-0.4, -0.2) is 45.9 Å². The van der Waals surface area contributed by atoms with Crippen LogP contribution < -0.4 is 5.56 Å². The van der Waals surface area contributed by atoms with Crippen molar-refractivity contribution in [3.8, 4) is 0 Å². The normalized spacial score (nSPS) is 19.0. The summed E-state index contributed by atoms with van der Waals surface area (Å²) in [7, 11) is 2.02. The van der Waals surface area contributed by atoms with Crippen molar-refractivity contribution in [3.05, 3.63) is 82.2 Å². The average Bonchev–Trinajstić information content (AvgIpc) is 2.75. The fourth-order valence-corrected chi connectivity index (χ4v) is 3.86. The van der Waals surface area contributed by atoms with Gasteiger partial charge in [0.15, 0.2) is 0 Å². The number of hydrogen-bond acceptors (Lipinski definition) is 4. The van der Waals surface area contributed by atoms with E-state index in [1.54, 1.807) is 10.5 Å². The number of fused-ring (bicyclic) bond motifs is 1. The summed E-state index contributed by atoms with van der Waals surface area (Å²) in [5, 5.41) is 0. The van der Waals surface area contributed by atoms with Crippen LogP contribution in [0.25, 0.3) is 16.8 Å². The third-order valence-electron chi connectivity index (χ3n) is 5.67. The van der Waals surface area contributed by atoms with Gasteiger partial charge in [-0.1, -0.05) is 26.0 Å². The zero-order valence-corrected chi connectivity index (χ0v) is 17.4. The molecule has 0 bridgehead atoms. The second kappa shape index (κ2) is 8.21. The minimum atomic E-state index is -0.0484. The van der Waals surface area contributed by atoms with Crippen LogP contribution in [0.1, 0.15) is 37.9 Å². The maximum Gasteiger partial charge on any atom is 0.258 e. The minimum Gasteiger partial charge on any atom is -0.351 e. The molecule has 0 saturated carbocycles. The van der Waals surface area contributed by atoms with Crippen molar-refractivity contribution in [1.82, 2.24) is 19.2 Å². The van der Waals surface area contributed by atoms with Gasteiger partial charge in [-0.15, -0.1) is 0 Å². The Balaban J connectivity index is 1.70. The van der Waals surface area contributed by atoms with E-state index in [0.717, 1.165) is 49.3 Å². The predicted molar refractivity (Wildman–Crippen MR) is 119 cm³/mol. The van der Waals surface area contributed by atoms with Crippen LogP contribution >= 0.6 is 0 Å². The topological polar surface area (TPSA) is 40.9 Å². The van der Waals surface area contributed by atoms with E-state index in [0.29, 0.717) is 11.3 Å². The molecule has 0 atom stereocenters. The number of aromatic nitrogens is 2. The Labute approximate surface area is 172 Å². The van der Waals surface area contributed by atoms with Gasteiger partial charge in [-0.2, -0.15) is 0 Å². The maximum absolute atomic E-state index is 12.9. The molecule has 0 saturated heterocycles. The Hall–Kier alpha value is -2.92. The first-order valence-corrected chi connectivity index (χ1v) is 10.4. The highest BCUT2D eigenvalue weighted by molar-refractivity contribution is 5.76. The Kier molecular flexibility index (Phi) is 5.49. The molecule has 0 radical (unpaired) electrons. The molecular weight excluding hydrogens is 360 g/mol. The SMILES string of the molecule is CC/C=C1/C=C(c2cc(=O)n3cc(C4=CCN(CC)CC4)ccc3n2)C=CN1C. The van der Waals surface area contributed by atoms with E-state index in [9.17, 15) is 4.79 Å². The molecule has 0 unspecified atom stereocenters. The summed E-state index contributed by atoms with van der Waals surface area (Å²) < 4.78 is 1.66. The standard InChI is InChI=1S/C24H28N4O/c1-4-6-21-15-19(9-12-26(21)3)22-16-24(29)28-17-20(7-8-23(28)25-22)18-10-13-27(5-2)14-11-18/h6-10,12,15-17H,4-5,11,13-14H2,1-3H3/b21-6-. The van der Waals surface area contributed by atoms with Crippen molar-refractivity contribution in [2.24, 2.45) is 0 Å². The van der Waals surface area contributed by atoms with E-state index in [4.69, 9.17) is 4.98 Å². The van der Waals surface area contributed by atoms with Gasteiger partial charge in [0, 0.05) is 49.9 Å². The highest BCUT2D eigenvalue weighted by atomic mass is 16.1. The van der Waals surface area contributed by atoms with Crippen LogP contribution in [0.4, 0.5) is 0 Å². The van der Waals surface area contributed by atoms with Gasteiger partial charge in [0.05, 0.1) is 5.69 Å². The molecule has 0 spiro atoms. The molecule has 150 valence electrons. The number of likely N-dealkylation sites (N-methyl/N-ethyl adjacent to an activating group) is 2. The van der Waals surface area contributed by atoms with E-state index in [2.05, 4.69) is 47.9 Å². The molecule has 5 heteroatoms. The monoisotopic (exact) mass is 388 g/mol. The lowest BCUT2D eigenvalue weighted by Crippen LogP contribution is -2.28. The summed E-state index contributed by atoms with van der Waals surface area (Å²) in [5.41, 5.74) is 5.84. The smallest absolute Gasteiger partial charge is 0.258 e. The van der Waals surface area contributed by atoms with Crippen LogP contribution in [0.5, 0.6) is 0 Å². The van der Waals surface area contributed by atoms with Crippen molar-refractivity contribution in [3.63, 3.8) is 0 Å². The summed E-state index contributed by atoms with van der Waals surface area (Å²) in [5.74, 6) is 0. The molecule has 5 nitrogen and oxygen atoms in total. The Morgan fingerprint density at radius 1 is 1.24 bits per heavy atom. The van der Waals surface area contributed by atoms with Gasteiger partial charge in [-0.25, -0.2) is 4.98 Å². The van der Waals surface area contributed by atoms with Gasteiger partial charge in [0.1, 0.15) is 5.65 Å². The Morgan fingerprint density at radius 2 is 2.10 bits per heavy atom. The first-order valence-electron chi connectivity index (χ1n) is 10.4. The zero-order chi connectivity index (χ0) is 20.4. The van der Waals surface area contributed by atoms with Gasteiger partial charge in [-0.05, 0) is 54.8 Å². The lowest BCUT2D eigenvalue weighted by molar-refractivity contribution is 0.318. The van der Waals surface area contributed by atoms with Crippen molar-refractivity contribution < 1.29 is 0 Å². The molecule has 0 fully saturated rings. The molecule has 0 N–H and O–H groups in total. The van der Waals surface area contributed by atoms with Gasteiger partial charge >= 0.3 is 0 Å². The van der Waals surface area contributed by atoms with Crippen LogP contribution in [0.2, 0.25) is 0 Å². The predicted octanol–water partition coefficient (Wildman–Crippen LogP) is 3.94. The second-order valence-corrected chi connectivity index (χ2v) is 7.56. The van der Waals surface area contributed by atoms with E-state index < -0.39 is 0 Å². The largest absolute Gasteiger partial charge is 0.351 e. The highest BCUT2D eigenvalue weighted by Gasteiger charge is 2.14. The quantitative estimate of drug-likeness (QED) is 0.796. The average molecular weight is 389 g/mol. The van der Waals surface area contributed by atoms with Gasteiger partial charge in [0.25, 0.3) is 5.56 Å². The Bertz CT molecular complexity index is 1100. The van der Waals surface area contributed by atoms with Crippen LogP contribution in [0.15, 0.2) is 65.4 Å². The van der Waals surface area contributed by atoms with E-state index in [1.807, 2.05) is 31.6 Å². The van der Waals surface area contributed by atoms with Crippen LogP contribution in [0, 0.1) is 0 Å². The number of allylic oxidation sites excluding steroid dienone is 4. The van der Waals surface area contributed by atoms with Gasteiger partial charge in [-0.3, -0.25) is 14.1 Å². The molecular formula is C24H28N4O. The van der Waals surface area contributed by atoms with Crippen molar-refractivity contribution in [2.45, 2.75) is 26.7 Å². The third-order valence-corrected chi connectivity index (χ3v) is 5.67. The van der Waals surface area contributed by atoms with E-state index >= 15 is 0 Å². The maximum atomic E-state index is 12.9. The van der Waals surface area contributed by atoms with Crippen molar-refractivity contribution in [2.75, 3.05) is 26.7 Å². The molecule has 4 heterocycles. The summed E-state index contributed by atoms with van der Waals surface area (Å²) in [6.07, 6.45) is 14.4. The molecule has 0 aliphatic carbocycles. The van der Waals surface area contributed by atoms with Gasteiger partial charge in [0.2, 0.25) is 0 Å². The van der Waals surface area contributed by atoms with E-state index in [-0.39, 0.29) is 5.56 Å². The molecule has 2 aliphatic rings. The first-order chi connectivity index (χ1) is 14.1. The molecule has 2 aromatic rings. The fraction of sp³-hybridized carbons (Fsp3) is 0.333. The number of pyridine rings is 1. The lowest BCUT2D eigenvalue weighted by Gasteiger charge is -2.25. The molecule has 4 rings (SSSR count). The Morgan fingerprint density at radius 3 is 2.83 bits per heavy atom.